The fourth-order valence-electron chi connectivity index (χ4n) is 1.92. The minimum atomic E-state index is -0.930. The molecule has 0 saturated carbocycles. The molecule has 1 N–H and O–H groups in total. The van der Waals surface area contributed by atoms with Gasteiger partial charge >= 0.3 is 5.97 Å². The van der Waals surface area contributed by atoms with E-state index in [0.29, 0.717) is 18.1 Å². The second-order valence-corrected chi connectivity index (χ2v) is 3.95. The van der Waals surface area contributed by atoms with Crippen molar-refractivity contribution in [3.8, 4) is 5.88 Å². The number of aryl methyl sites for hydroxylation is 1. The lowest BCUT2D eigenvalue weighted by atomic mass is 10.2. The summed E-state index contributed by atoms with van der Waals surface area (Å²) in [7, 11) is 1.55. The Morgan fingerprint density at radius 2 is 2.28 bits per heavy atom. The predicted molar refractivity (Wildman–Crippen MR) is 66.0 cm³/mol. The molecule has 2 rings (SSSR count). The Kier molecular flexibility index (Phi) is 3.32. The lowest BCUT2D eigenvalue weighted by Gasteiger charge is -2.10. The van der Waals surface area contributed by atoms with Gasteiger partial charge in [-0.2, -0.15) is 0 Å². The molecular formula is C13H14N2O3. The van der Waals surface area contributed by atoms with Gasteiger partial charge < -0.3 is 14.4 Å². The Morgan fingerprint density at radius 3 is 2.94 bits per heavy atom. The van der Waals surface area contributed by atoms with Gasteiger partial charge in [-0.1, -0.05) is 6.07 Å². The van der Waals surface area contributed by atoms with Crippen LogP contribution in [-0.4, -0.2) is 27.7 Å². The molecule has 0 aliphatic rings. The van der Waals surface area contributed by atoms with Crippen molar-refractivity contribution in [2.45, 2.75) is 13.5 Å². The molecule has 0 aliphatic carbocycles. The average Bonchev–Trinajstić information content (AvgIpc) is 2.71. The van der Waals surface area contributed by atoms with Crippen molar-refractivity contribution in [3.63, 3.8) is 0 Å². The number of hydrogen-bond donors (Lipinski definition) is 1. The molecular weight excluding hydrogens is 232 g/mol. The summed E-state index contributed by atoms with van der Waals surface area (Å²) in [5.74, 6) is -0.416. The van der Waals surface area contributed by atoms with Crippen molar-refractivity contribution < 1.29 is 14.6 Å². The third-order valence-electron chi connectivity index (χ3n) is 2.75. The van der Waals surface area contributed by atoms with Gasteiger partial charge in [-0.25, -0.2) is 9.78 Å². The average molecular weight is 246 g/mol. The molecule has 0 aromatic carbocycles. The van der Waals surface area contributed by atoms with Crippen molar-refractivity contribution in [1.82, 2.24) is 9.55 Å². The van der Waals surface area contributed by atoms with Crippen LogP contribution in [0.15, 0.2) is 30.6 Å². The van der Waals surface area contributed by atoms with E-state index in [-0.39, 0.29) is 0 Å². The van der Waals surface area contributed by atoms with Gasteiger partial charge in [0, 0.05) is 18.0 Å². The molecule has 2 heterocycles. The third-order valence-corrected chi connectivity index (χ3v) is 2.75. The Labute approximate surface area is 105 Å². The smallest absolute Gasteiger partial charge is 0.352 e. The minimum Gasteiger partial charge on any atom is -0.481 e. The van der Waals surface area contributed by atoms with Gasteiger partial charge in [0.15, 0.2) is 0 Å². The number of carboxylic acid groups (broad SMARTS) is 1. The van der Waals surface area contributed by atoms with Crippen molar-refractivity contribution in [1.29, 1.82) is 0 Å². The molecule has 2 aromatic heterocycles. The number of methoxy groups -OCH3 is 1. The summed E-state index contributed by atoms with van der Waals surface area (Å²) in [5, 5.41) is 9.17. The summed E-state index contributed by atoms with van der Waals surface area (Å²) in [6.07, 6.45) is 3.40. The van der Waals surface area contributed by atoms with Crippen LogP contribution in [0.1, 0.15) is 21.6 Å². The summed E-state index contributed by atoms with van der Waals surface area (Å²) in [4.78, 5) is 15.3. The molecule has 2 aromatic rings. The van der Waals surface area contributed by atoms with Crippen LogP contribution in [0, 0.1) is 6.92 Å². The van der Waals surface area contributed by atoms with E-state index >= 15 is 0 Å². The van der Waals surface area contributed by atoms with Crippen LogP contribution in [0.4, 0.5) is 0 Å². The van der Waals surface area contributed by atoms with E-state index < -0.39 is 5.97 Å². The van der Waals surface area contributed by atoms with Crippen LogP contribution in [0.5, 0.6) is 5.88 Å². The van der Waals surface area contributed by atoms with Crippen LogP contribution in [0.3, 0.4) is 0 Å². The molecule has 0 atom stereocenters. The standard InChI is InChI=1S/C13H14N2O3/c1-9-5-7-15(11(9)13(16)17)8-10-4-3-6-14-12(10)18-2/h3-7H,8H2,1-2H3,(H,16,17). The molecule has 0 aliphatic heterocycles. The summed E-state index contributed by atoms with van der Waals surface area (Å²) < 4.78 is 6.83. The molecule has 94 valence electrons. The quantitative estimate of drug-likeness (QED) is 0.895. The van der Waals surface area contributed by atoms with Gasteiger partial charge in [0.2, 0.25) is 5.88 Å². The molecule has 0 unspecified atom stereocenters. The maximum Gasteiger partial charge on any atom is 0.352 e. The fraction of sp³-hybridized carbons (Fsp3) is 0.231. The number of pyridine rings is 1. The number of carbonyl (C=O) groups is 1. The maximum atomic E-state index is 11.2. The summed E-state index contributed by atoms with van der Waals surface area (Å²) >= 11 is 0. The van der Waals surface area contributed by atoms with E-state index in [2.05, 4.69) is 4.98 Å². The zero-order valence-corrected chi connectivity index (χ0v) is 10.3. The highest BCUT2D eigenvalue weighted by Gasteiger charge is 2.14. The molecule has 0 saturated heterocycles. The Hall–Kier alpha value is -2.30. The van der Waals surface area contributed by atoms with Crippen LogP contribution in [0.2, 0.25) is 0 Å². The Morgan fingerprint density at radius 1 is 1.50 bits per heavy atom. The zero-order valence-electron chi connectivity index (χ0n) is 10.3. The van der Waals surface area contributed by atoms with Crippen molar-refractivity contribution >= 4 is 5.97 Å². The molecule has 0 spiro atoms. The molecule has 5 nitrogen and oxygen atoms in total. The van der Waals surface area contributed by atoms with Crippen LogP contribution >= 0.6 is 0 Å². The van der Waals surface area contributed by atoms with Gasteiger partial charge in [-0.3, -0.25) is 0 Å². The summed E-state index contributed by atoms with van der Waals surface area (Å²) in [5.41, 5.74) is 1.88. The first kappa shape index (κ1) is 12.2. The molecule has 0 radical (unpaired) electrons. The number of rotatable bonds is 4. The van der Waals surface area contributed by atoms with Gasteiger partial charge in [0.05, 0.1) is 13.7 Å². The molecule has 5 heteroatoms. The van der Waals surface area contributed by atoms with Gasteiger partial charge in [-0.15, -0.1) is 0 Å². The Bertz CT molecular complexity index is 575. The largest absolute Gasteiger partial charge is 0.481 e. The summed E-state index contributed by atoms with van der Waals surface area (Å²) in [6.45, 7) is 2.20. The highest BCUT2D eigenvalue weighted by atomic mass is 16.5. The topological polar surface area (TPSA) is 64.4 Å². The van der Waals surface area contributed by atoms with E-state index in [0.717, 1.165) is 11.1 Å². The van der Waals surface area contributed by atoms with E-state index in [1.807, 2.05) is 6.07 Å². The molecule has 0 bridgehead atoms. The number of aromatic carboxylic acids is 1. The van der Waals surface area contributed by atoms with E-state index in [4.69, 9.17) is 4.74 Å². The second kappa shape index (κ2) is 4.91. The van der Waals surface area contributed by atoms with Crippen LogP contribution < -0.4 is 4.74 Å². The SMILES string of the molecule is COc1ncccc1Cn1ccc(C)c1C(=O)O. The zero-order chi connectivity index (χ0) is 13.1. The van der Waals surface area contributed by atoms with Crippen LogP contribution in [0.25, 0.3) is 0 Å². The minimum absolute atomic E-state index is 0.293. The van der Waals surface area contributed by atoms with Crippen molar-refractivity contribution in [2.24, 2.45) is 0 Å². The highest BCUT2D eigenvalue weighted by molar-refractivity contribution is 5.87. The first-order valence-electron chi connectivity index (χ1n) is 5.50. The normalized spacial score (nSPS) is 10.3. The van der Waals surface area contributed by atoms with Crippen LogP contribution in [-0.2, 0) is 6.54 Å². The predicted octanol–water partition coefficient (Wildman–Crippen LogP) is 1.95. The lowest BCUT2D eigenvalue weighted by molar-refractivity contribution is 0.0685. The van der Waals surface area contributed by atoms with Crippen molar-refractivity contribution in [2.75, 3.05) is 7.11 Å². The van der Waals surface area contributed by atoms with E-state index in [1.165, 1.54) is 0 Å². The van der Waals surface area contributed by atoms with Gasteiger partial charge in [-0.05, 0) is 24.6 Å². The fourth-order valence-corrected chi connectivity index (χ4v) is 1.92. The van der Waals surface area contributed by atoms with Crippen molar-refractivity contribution in [3.05, 3.63) is 47.4 Å². The number of ether oxygens (including phenoxy) is 1. The second-order valence-electron chi connectivity index (χ2n) is 3.95. The van der Waals surface area contributed by atoms with E-state index in [9.17, 15) is 9.90 Å². The number of hydrogen-bond acceptors (Lipinski definition) is 3. The maximum absolute atomic E-state index is 11.2. The number of nitrogens with zero attached hydrogens (tertiary/aromatic N) is 2. The third kappa shape index (κ3) is 2.20. The monoisotopic (exact) mass is 246 g/mol. The van der Waals surface area contributed by atoms with E-state index in [1.54, 1.807) is 43.1 Å². The molecule has 0 amide bonds. The lowest BCUT2D eigenvalue weighted by Crippen LogP contribution is -2.10. The first-order valence-corrected chi connectivity index (χ1v) is 5.50. The first-order chi connectivity index (χ1) is 8.63. The van der Waals surface area contributed by atoms with Gasteiger partial charge in [0.1, 0.15) is 5.69 Å². The molecule has 18 heavy (non-hydrogen) atoms. The number of carboxylic acids is 1. The Balaban J connectivity index is 2.37. The summed E-state index contributed by atoms with van der Waals surface area (Å²) in [6, 6.07) is 5.45. The molecule has 0 fully saturated rings. The number of aromatic nitrogens is 2. The highest BCUT2D eigenvalue weighted by Crippen LogP contribution is 2.18. The van der Waals surface area contributed by atoms with Gasteiger partial charge in [0.25, 0.3) is 0 Å².